The highest BCUT2D eigenvalue weighted by Gasteiger charge is 2.42. The molecule has 2 aliphatic rings. The number of nitrogens with one attached hydrogen (secondary N) is 2. The van der Waals surface area contributed by atoms with Crippen LogP contribution in [-0.4, -0.2) is 33.3 Å². The maximum atomic E-state index is 12.0. The minimum absolute atomic E-state index is 0.0534. The van der Waals surface area contributed by atoms with Crippen LogP contribution < -0.4 is 10.6 Å². The molecule has 2 amide bonds. The third kappa shape index (κ3) is 2.90. The molecule has 0 spiro atoms. The van der Waals surface area contributed by atoms with E-state index in [1.54, 1.807) is 12.4 Å². The Morgan fingerprint density at radius 1 is 1.35 bits per heavy atom. The summed E-state index contributed by atoms with van der Waals surface area (Å²) in [5.74, 6) is 1.73. The number of amides is 2. The first-order chi connectivity index (χ1) is 9.60. The highest BCUT2D eigenvalue weighted by atomic mass is 16.3. The van der Waals surface area contributed by atoms with Crippen LogP contribution in [0.5, 0.6) is 0 Å². The van der Waals surface area contributed by atoms with Gasteiger partial charge in [-0.2, -0.15) is 0 Å². The molecule has 0 saturated heterocycles. The summed E-state index contributed by atoms with van der Waals surface area (Å²) in [7, 11) is 0. The average Bonchev–Trinajstić information content (AvgIpc) is 3.31. The molecule has 1 aromatic rings. The number of hydrogen-bond acceptors (Lipinski definition) is 4. The van der Waals surface area contributed by atoms with E-state index >= 15 is 0 Å². The molecule has 6 nitrogen and oxygen atoms in total. The van der Waals surface area contributed by atoms with Crippen LogP contribution in [0.25, 0.3) is 0 Å². The van der Waals surface area contributed by atoms with Gasteiger partial charge in [0, 0.05) is 5.92 Å². The number of nitrogens with zero attached hydrogens (tertiary/aromatic N) is 2. The molecule has 1 atom stereocenters. The van der Waals surface area contributed by atoms with Crippen LogP contribution in [-0.2, 0) is 0 Å². The van der Waals surface area contributed by atoms with Crippen molar-refractivity contribution in [3.63, 3.8) is 0 Å². The fraction of sp³-hybridized carbons (Fsp3) is 0.643. The number of aromatic nitrogens is 2. The highest BCUT2D eigenvalue weighted by Crippen LogP contribution is 2.39. The zero-order valence-corrected chi connectivity index (χ0v) is 11.6. The Bertz CT molecular complexity index is 496. The van der Waals surface area contributed by atoms with Gasteiger partial charge >= 0.3 is 6.03 Å². The summed E-state index contributed by atoms with van der Waals surface area (Å²) in [5.41, 5.74) is 0.0294. The first-order valence-corrected chi connectivity index (χ1v) is 7.13. The van der Waals surface area contributed by atoms with Crippen molar-refractivity contribution in [2.45, 2.75) is 44.1 Å². The standard InChI is InChI=1S/C14H20N4O2/c1-14(8-19,10-4-5-10)18-13(20)17-11-6-15-12(16-7-11)9-2-3-9/h6-7,9-10,19H,2-5,8H2,1H3,(H2,17,18,20)/t14-/m1/s1. The fourth-order valence-corrected chi connectivity index (χ4v) is 2.37. The van der Waals surface area contributed by atoms with Gasteiger partial charge in [-0.25, -0.2) is 14.8 Å². The number of carbonyl (C=O) groups excluding carboxylic acids is 1. The van der Waals surface area contributed by atoms with Crippen LogP contribution in [0.1, 0.15) is 44.3 Å². The second-order valence-corrected chi connectivity index (χ2v) is 6.03. The number of aliphatic hydroxyl groups excluding tert-OH is 1. The molecule has 0 aliphatic heterocycles. The lowest BCUT2D eigenvalue weighted by molar-refractivity contribution is 0.159. The first-order valence-electron chi connectivity index (χ1n) is 7.13. The SMILES string of the molecule is C[C@](CO)(NC(=O)Nc1cnc(C2CC2)nc1)C1CC1. The van der Waals surface area contributed by atoms with Gasteiger partial charge in [0.25, 0.3) is 0 Å². The molecule has 2 fully saturated rings. The van der Waals surface area contributed by atoms with Crippen LogP contribution in [0.3, 0.4) is 0 Å². The number of aliphatic hydroxyl groups is 1. The smallest absolute Gasteiger partial charge is 0.319 e. The molecule has 108 valence electrons. The van der Waals surface area contributed by atoms with Crippen molar-refractivity contribution in [3.8, 4) is 0 Å². The number of hydrogen-bond donors (Lipinski definition) is 3. The zero-order chi connectivity index (χ0) is 14.2. The molecule has 2 aliphatic carbocycles. The van der Waals surface area contributed by atoms with Gasteiger partial charge < -0.3 is 15.7 Å². The van der Waals surface area contributed by atoms with Gasteiger partial charge in [0.2, 0.25) is 0 Å². The third-order valence-electron chi connectivity index (χ3n) is 4.08. The lowest BCUT2D eigenvalue weighted by Gasteiger charge is -2.28. The van der Waals surface area contributed by atoms with Gasteiger partial charge in [0.15, 0.2) is 0 Å². The van der Waals surface area contributed by atoms with E-state index in [0.717, 1.165) is 31.5 Å². The Morgan fingerprint density at radius 3 is 2.50 bits per heavy atom. The monoisotopic (exact) mass is 276 g/mol. The average molecular weight is 276 g/mol. The molecule has 20 heavy (non-hydrogen) atoms. The van der Waals surface area contributed by atoms with E-state index < -0.39 is 5.54 Å². The van der Waals surface area contributed by atoms with Gasteiger partial charge in [-0.3, -0.25) is 0 Å². The molecule has 6 heteroatoms. The third-order valence-corrected chi connectivity index (χ3v) is 4.08. The second kappa shape index (κ2) is 5.01. The van der Waals surface area contributed by atoms with Gasteiger partial charge in [0.1, 0.15) is 5.82 Å². The van der Waals surface area contributed by atoms with Gasteiger partial charge in [-0.1, -0.05) is 0 Å². The summed E-state index contributed by atoms with van der Waals surface area (Å²) in [6.07, 6.45) is 7.68. The van der Waals surface area contributed by atoms with E-state index in [2.05, 4.69) is 20.6 Å². The number of urea groups is 1. The van der Waals surface area contributed by atoms with E-state index in [4.69, 9.17) is 0 Å². The van der Waals surface area contributed by atoms with Crippen molar-refractivity contribution in [1.29, 1.82) is 0 Å². The fourth-order valence-electron chi connectivity index (χ4n) is 2.37. The summed E-state index contributed by atoms with van der Waals surface area (Å²) in [5, 5.41) is 15.0. The molecule has 0 bridgehead atoms. The molecule has 3 rings (SSSR count). The molecule has 1 aromatic heterocycles. The van der Waals surface area contributed by atoms with Crippen LogP contribution >= 0.6 is 0 Å². The van der Waals surface area contributed by atoms with E-state index in [-0.39, 0.29) is 12.6 Å². The molecular weight excluding hydrogens is 256 g/mol. The molecule has 0 aromatic carbocycles. The van der Waals surface area contributed by atoms with E-state index in [1.807, 2.05) is 6.92 Å². The van der Waals surface area contributed by atoms with Crippen molar-refractivity contribution in [2.75, 3.05) is 11.9 Å². The Labute approximate surface area is 118 Å². The highest BCUT2D eigenvalue weighted by molar-refractivity contribution is 5.89. The summed E-state index contributed by atoms with van der Waals surface area (Å²) in [6.45, 7) is 1.82. The van der Waals surface area contributed by atoms with Crippen molar-refractivity contribution in [3.05, 3.63) is 18.2 Å². The molecule has 1 heterocycles. The van der Waals surface area contributed by atoms with Crippen LogP contribution in [0.4, 0.5) is 10.5 Å². The predicted molar refractivity (Wildman–Crippen MR) is 74.4 cm³/mol. The number of anilines is 1. The lowest BCUT2D eigenvalue weighted by atomic mass is 9.97. The number of rotatable bonds is 5. The summed E-state index contributed by atoms with van der Waals surface area (Å²) in [6, 6.07) is -0.323. The Hall–Kier alpha value is -1.69. The van der Waals surface area contributed by atoms with Crippen molar-refractivity contribution >= 4 is 11.7 Å². The maximum Gasteiger partial charge on any atom is 0.319 e. The Balaban J connectivity index is 1.57. The largest absolute Gasteiger partial charge is 0.394 e. The van der Waals surface area contributed by atoms with E-state index in [9.17, 15) is 9.90 Å². The van der Waals surface area contributed by atoms with Crippen LogP contribution in [0.2, 0.25) is 0 Å². The maximum absolute atomic E-state index is 12.0. The van der Waals surface area contributed by atoms with Gasteiger partial charge in [0.05, 0.1) is 30.2 Å². The van der Waals surface area contributed by atoms with Crippen molar-refractivity contribution in [1.82, 2.24) is 15.3 Å². The zero-order valence-electron chi connectivity index (χ0n) is 11.6. The Morgan fingerprint density at radius 2 is 2.00 bits per heavy atom. The van der Waals surface area contributed by atoms with Crippen LogP contribution in [0.15, 0.2) is 12.4 Å². The lowest BCUT2D eigenvalue weighted by Crippen LogP contribution is -2.52. The summed E-state index contributed by atoms with van der Waals surface area (Å²) in [4.78, 5) is 20.5. The minimum atomic E-state index is -0.543. The normalized spacial score (nSPS) is 21.1. The topological polar surface area (TPSA) is 87.1 Å². The minimum Gasteiger partial charge on any atom is -0.394 e. The van der Waals surface area contributed by atoms with E-state index in [1.165, 1.54) is 0 Å². The molecule has 3 N–H and O–H groups in total. The summed E-state index contributed by atoms with van der Waals surface area (Å²) >= 11 is 0. The van der Waals surface area contributed by atoms with Crippen LogP contribution in [0, 0.1) is 5.92 Å². The second-order valence-electron chi connectivity index (χ2n) is 6.03. The predicted octanol–water partition coefficient (Wildman–Crippen LogP) is 1.64. The summed E-state index contributed by atoms with van der Waals surface area (Å²) < 4.78 is 0. The quantitative estimate of drug-likeness (QED) is 0.763. The van der Waals surface area contributed by atoms with E-state index in [0.29, 0.717) is 17.5 Å². The molecular formula is C14H20N4O2. The van der Waals surface area contributed by atoms with Gasteiger partial charge in [-0.15, -0.1) is 0 Å². The molecule has 2 saturated carbocycles. The van der Waals surface area contributed by atoms with Gasteiger partial charge in [-0.05, 0) is 38.5 Å². The Kier molecular flexibility index (Phi) is 3.33. The first kappa shape index (κ1) is 13.3. The van der Waals surface area contributed by atoms with Crippen molar-refractivity contribution in [2.24, 2.45) is 5.92 Å². The van der Waals surface area contributed by atoms with Crippen molar-refractivity contribution < 1.29 is 9.90 Å². The molecule has 0 radical (unpaired) electrons. The molecule has 0 unspecified atom stereocenters. The number of carbonyl (C=O) groups is 1.